The summed E-state index contributed by atoms with van der Waals surface area (Å²) in [5.41, 5.74) is 1.05. The van der Waals surface area contributed by atoms with Gasteiger partial charge in [-0.15, -0.1) is 0 Å². The maximum Gasteiger partial charge on any atom is 0.235 e. The molecule has 8 nitrogen and oxygen atoms in total. The molecule has 0 radical (unpaired) electrons. The zero-order valence-corrected chi connectivity index (χ0v) is 17.1. The molecule has 3 aromatic heterocycles. The minimum Gasteiger partial charge on any atom is -0.350 e. The Hall–Kier alpha value is -3.81. The largest absolute Gasteiger partial charge is 0.350 e. The third-order valence-corrected chi connectivity index (χ3v) is 4.75. The third-order valence-electron chi connectivity index (χ3n) is 4.75. The number of aromatic nitrogens is 5. The van der Waals surface area contributed by atoms with E-state index in [1.807, 2.05) is 42.6 Å². The van der Waals surface area contributed by atoms with Gasteiger partial charge in [-0.25, -0.2) is 4.98 Å². The van der Waals surface area contributed by atoms with Crippen LogP contribution in [0.1, 0.15) is 19.4 Å². The van der Waals surface area contributed by atoms with Gasteiger partial charge in [0, 0.05) is 43.6 Å². The predicted octanol–water partition coefficient (Wildman–Crippen LogP) is 4.02. The predicted molar refractivity (Wildman–Crippen MR) is 120 cm³/mol. The first-order valence-electron chi connectivity index (χ1n) is 10.0. The lowest BCUT2D eigenvalue weighted by molar-refractivity contribution is 0.813. The van der Waals surface area contributed by atoms with Gasteiger partial charge in [0.1, 0.15) is 5.82 Å². The summed E-state index contributed by atoms with van der Waals surface area (Å²) < 4.78 is 0. The molecule has 0 unspecified atom stereocenters. The van der Waals surface area contributed by atoms with Gasteiger partial charge in [-0.05, 0) is 36.9 Å². The molecule has 0 saturated carbocycles. The molecule has 0 atom stereocenters. The molecule has 4 aromatic rings. The molecule has 0 fully saturated rings. The Morgan fingerprint density at radius 3 is 2.50 bits per heavy atom. The molecule has 4 rings (SSSR count). The highest BCUT2D eigenvalue weighted by Gasteiger charge is 2.13. The number of hydrogen-bond donors (Lipinski definition) is 2. The van der Waals surface area contributed by atoms with Crippen LogP contribution >= 0.6 is 0 Å². The van der Waals surface area contributed by atoms with E-state index in [-0.39, 0.29) is 0 Å². The zero-order valence-electron chi connectivity index (χ0n) is 17.1. The Labute approximate surface area is 175 Å². The van der Waals surface area contributed by atoms with Crippen molar-refractivity contribution in [3.63, 3.8) is 0 Å². The van der Waals surface area contributed by atoms with E-state index < -0.39 is 0 Å². The van der Waals surface area contributed by atoms with E-state index in [1.54, 1.807) is 12.4 Å². The lowest BCUT2D eigenvalue weighted by Gasteiger charge is -2.20. The van der Waals surface area contributed by atoms with E-state index in [9.17, 15) is 0 Å². The number of nitrogens with one attached hydrogen (secondary N) is 2. The molecular weight excluding hydrogens is 376 g/mol. The van der Waals surface area contributed by atoms with Crippen LogP contribution in [0.15, 0.2) is 61.1 Å². The Bertz CT molecular complexity index is 1110. The van der Waals surface area contributed by atoms with E-state index in [0.29, 0.717) is 30.2 Å². The van der Waals surface area contributed by atoms with Crippen molar-refractivity contribution in [3.05, 3.63) is 66.6 Å². The molecule has 0 aliphatic carbocycles. The number of benzene rings is 1. The Kier molecular flexibility index (Phi) is 5.93. The lowest BCUT2D eigenvalue weighted by Crippen LogP contribution is -2.25. The van der Waals surface area contributed by atoms with Crippen LogP contribution in [0.2, 0.25) is 0 Å². The van der Waals surface area contributed by atoms with Crippen molar-refractivity contribution >= 4 is 34.4 Å². The number of nitrogens with zero attached hydrogens (tertiary/aromatic N) is 6. The molecule has 0 spiro atoms. The van der Waals surface area contributed by atoms with Gasteiger partial charge in [-0.1, -0.05) is 30.3 Å². The van der Waals surface area contributed by atoms with Gasteiger partial charge >= 0.3 is 0 Å². The molecule has 0 amide bonds. The molecule has 1 aromatic carbocycles. The smallest absolute Gasteiger partial charge is 0.235 e. The second-order valence-electron chi connectivity index (χ2n) is 6.68. The summed E-state index contributed by atoms with van der Waals surface area (Å²) in [5.74, 6) is 2.28. The molecule has 0 aliphatic rings. The first-order chi connectivity index (χ1) is 14.8. The average Bonchev–Trinajstić information content (AvgIpc) is 2.79. The molecule has 3 heterocycles. The van der Waals surface area contributed by atoms with Gasteiger partial charge in [0.15, 0.2) is 0 Å². The first-order valence-corrected chi connectivity index (χ1v) is 10.0. The van der Waals surface area contributed by atoms with Crippen molar-refractivity contribution in [2.24, 2.45) is 0 Å². The first kappa shape index (κ1) is 19.5. The van der Waals surface area contributed by atoms with E-state index in [1.165, 1.54) is 0 Å². The summed E-state index contributed by atoms with van der Waals surface area (Å²) >= 11 is 0. The molecule has 30 heavy (non-hydrogen) atoms. The molecule has 8 heteroatoms. The van der Waals surface area contributed by atoms with Crippen LogP contribution in [0.3, 0.4) is 0 Å². The maximum atomic E-state index is 4.63. The van der Waals surface area contributed by atoms with Crippen LogP contribution in [0, 0.1) is 0 Å². The van der Waals surface area contributed by atoms with Crippen molar-refractivity contribution in [3.8, 4) is 0 Å². The van der Waals surface area contributed by atoms with Gasteiger partial charge in [-0.2, -0.15) is 15.0 Å². The lowest BCUT2D eigenvalue weighted by atomic mass is 10.1. The number of fused-ring (bicyclic) bond motifs is 1. The van der Waals surface area contributed by atoms with E-state index in [0.717, 1.165) is 29.4 Å². The normalized spacial score (nSPS) is 10.7. The van der Waals surface area contributed by atoms with Crippen LogP contribution in [0.4, 0.5) is 23.7 Å². The van der Waals surface area contributed by atoms with Crippen molar-refractivity contribution in [2.45, 2.75) is 20.4 Å². The monoisotopic (exact) mass is 400 g/mol. The zero-order chi connectivity index (χ0) is 20.8. The van der Waals surface area contributed by atoms with Crippen molar-refractivity contribution < 1.29 is 0 Å². The van der Waals surface area contributed by atoms with Crippen LogP contribution in [0.25, 0.3) is 10.8 Å². The highest BCUT2D eigenvalue weighted by Crippen LogP contribution is 2.24. The second-order valence-corrected chi connectivity index (χ2v) is 6.68. The van der Waals surface area contributed by atoms with Crippen molar-refractivity contribution in [1.82, 2.24) is 24.9 Å². The van der Waals surface area contributed by atoms with Gasteiger partial charge in [0.2, 0.25) is 17.8 Å². The molecule has 2 N–H and O–H groups in total. The summed E-state index contributed by atoms with van der Waals surface area (Å²) in [7, 11) is 0. The third kappa shape index (κ3) is 4.43. The quantitative estimate of drug-likeness (QED) is 0.458. The molecule has 152 valence electrons. The molecule has 0 saturated heterocycles. The SMILES string of the molecule is CCN(CC)c1nc(NCc2cccnc2)nc(Nc2nccc3ccccc23)n1. The number of hydrogen-bond acceptors (Lipinski definition) is 8. The average molecular weight is 400 g/mol. The van der Waals surface area contributed by atoms with Crippen molar-refractivity contribution in [1.29, 1.82) is 0 Å². The van der Waals surface area contributed by atoms with E-state index in [2.05, 4.69) is 60.4 Å². The summed E-state index contributed by atoms with van der Waals surface area (Å²) in [6, 6.07) is 14.0. The fourth-order valence-electron chi connectivity index (χ4n) is 3.16. The maximum absolute atomic E-state index is 4.63. The highest BCUT2D eigenvalue weighted by molar-refractivity contribution is 5.92. The van der Waals surface area contributed by atoms with Gasteiger partial charge < -0.3 is 15.5 Å². The number of rotatable bonds is 8. The molecular formula is C22H24N8. The van der Waals surface area contributed by atoms with Crippen LogP contribution in [-0.2, 0) is 6.54 Å². The number of anilines is 4. The molecule has 0 aliphatic heterocycles. The fraction of sp³-hybridized carbons (Fsp3) is 0.227. The summed E-state index contributed by atoms with van der Waals surface area (Å²) in [6.07, 6.45) is 5.35. The molecule has 0 bridgehead atoms. The van der Waals surface area contributed by atoms with Gasteiger partial charge in [0.05, 0.1) is 0 Å². The van der Waals surface area contributed by atoms with Crippen LogP contribution < -0.4 is 15.5 Å². The minimum atomic E-state index is 0.449. The Morgan fingerprint density at radius 1 is 0.867 bits per heavy atom. The van der Waals surface area contributed by atoms with Gasteiger partial charge in [-0.3, -0.25) is 4.98 Å². The van der Waals surface area contributed by atoms with E-state index >= 15 is 0 Å². The van der Waals surface area contributed by atoms with Crippen LogP contribution in [-0.4, -0.2) is 38.0 Å². The van der Waals surface area contributed by atoms with E-state index in [4.69, 9.17) is 0 Å². The Balaban J connectivity index is 1.66. The number of pyridine rings is 2. The highest BCUT2D eigenvalue weighted by atomic mass is 15.3. The Morgan fingerprint density at radius 2 is 1.70 bits per heavy atom. The topological polar surface area (TPSA) is 91.8 Å². The standard InChI is InChI=1S/C22H24N8/c1-3-30(4-2)22-28-20(25-15-16-8-7-12-23-14-16)27-21(29-22)26-19-18-10-6-5-9-17(18)11-13-24-19/h5-14H,3-4,15H2,1-2H3,(H2,24,25,26,27,28,29). The summed E-state index contributed by atoms with van der Waals surface area (Å²) in [4.78, 5) is 24.5. The second kappa shape index (κ2) is 9.13. The van der Waals surface area contributed by atoms with Gasteiger partial charge in [0.25, 0.3) is 0 Å². The fourth-order valence-corrected chi connectivity index (χ4v) is 3.16. The van der Waals surface area contributed by atoms with Crippen molar-refractivity contribution in [2.75, 3.05) is 28.6 Å². The summed E-state index contributed by atoms with van der Waals surface area (Å²) in [5, 5.41) is 8.66. The minimum absolute atomic E-state index is 0.449. The summed E-state index contributed by atoms with van der Waals surface area (Å²) in [6.45, 7) is 6.33. The van der Waals surface area contributed by atoms with Crippen LogP contribution in [0.5, 0.6) is 0 Å².